The van der Waals surface area contributed by atoms with Gasteiger partial charge in [0.25, 0.3) is 5.92 Å². The van der Waals surface area contributed by atoms with Crippen LogP contribution in [-0.4, -0.2) is 29.0 Å². The molecule has 0 N–H and O–H groups in total. The SMILES string of the molecule is CC(F)(F)c1ccc(C2CCCN2c2ncnc(CCc3ccc(N4CCCC4=O)cc3)c2F)cc1. The Hall–Kier alpha value is -3.42. The molecule has 5 rings (SSSR count). The molecule has 0 bridgehead atoms. The van der Waals surface area contributed by atoms with Gasteiger partial charge in [0.15, 0.2) is 11.6 Å². The first kappa shape index (κ1) is 24.3. The molecule has 0 aliphatic carbocycles. The van der Waals surface area contributed by atoms with E-state index in [1.807, 2.05) is 29.2 Å². The number of aryl methyl sites for hydroxylation is 2. The standard InChI is InChI=1S/C28H29F3N4O/c1-28(30,31)21-11-9-20(10-12-21)24-4-2-17-35(24)27-26(29)23(32-18-33-27)15-8-19-6-13-22(14-7-19)34-16-3-5-25(34)36/h6-7,9-14,18,24H,2-5,8,15-17H2,1H3. The number of carbonyl (C=O) groups excluding carboxylic acids is 1. The van der Waals surface area contributed by atoms with Crippen LogP contribution in [0, 0.1) is 5.82 Å². The molecule has 1 aromatic heterocycles. The smallest absolute Gasteiger partial charge is 0.270 e. The number of hydrogen-bond acceptors (Lipinski definition) is 4. The molecule has 2 aliphatic heterocycles. The third-order valence-corrected chi connectivity index (χ3v) is 7.14. The number of rotatable bonds is 7. The third-order valence-electron chi connectivity index (χ3n) is 7.14. The lowest BCUT2D eigenvalue weighted by Gasteiger charge is -2.27. The highest BCUT2D eigenvalue weighted by molar-refractivity contribution is 5.95. The summed E-state index contributed by atoms with van der Waals surface area (Å²) >= 11 is 0. The van der Waals surface area contributed by atoms with Gasteiger partial charge in [-0.3, -0.25) is 4.79 Å². The molecule has 2 fully saturated rings. The molecule has 188 valence electrons. The van der Waals surface area contributed by atoms with Crippen LogP contribution in [0.1, 0.15) is 61.0 Å². The highest BCUT2D eigenvalue weighted by Crippen LogP contribution is 2.38. The molecule has 3 aromatic rings. The summed E-state index contributed by atoms with van der Waals surface area (Å²) in [5.74, 6) is -2.92. The minimum atomic E-state index is -2.90. The Balaban J connectivity index is 1.29. The Morgan fingerprint density at radius 3 is 2.39 bits per heavy atom. The van der Waals surface area contributed by atoms with Crippen molar-refractivity contribution in [3.8, 4) is 0 Å². The highest BCUT2D eigenvalue weighted by Gasteiger charge is 2.31. The minimum absolute atomic E-state index is 0.0358. The van der Waals surface area contributed by atoms with Crippen LogP contribution in [0.3, 0.4) is 0 Å². The van der Waals surface area contributed by atoms with Crippen molar-refractivity contribution in [2.45, 2.75) is 57.4 Å². The maximum absolute atomic E-state index is 15.5. The maximum atomic E-state index is 15.5. The van der Waals surface area contributed by atoms with Crippen LogP contribution in [0.15, 0.2) is 54.9 Å². The monoisotopic (exact) mass is 494 g/mol. The normalized spacial score (nSPS) is 18.3. The molecule has 0 radical (unpaired) electrons. The summed E-state index contributed by atoms with van der Waals surface area (Å²) in [6.45, 7) is 2.27. The quantitative estimate of drug-likeness (QED) is 0.405. The Kier molecular flexibility index (Phi) is 6.69. The second-order valence-electron chi connectivity index (χ2n) is 9.64. The predicted octanol–water partition coefficient (Wildman–Crippen LogP) is 5.98. The fourth-order valence-electron chi connectivity index (χ4n) is 5.16. The number of amides is 1. The van der Waals surface area contributed by atoms with Crippen molar-refractivity contribution >= 4 is 17.4 Å². The van der Waals surface area contributed by atoms with Gasteiger partial charge in [-0.05, 0) is 55.4 Å². The van der Waals surface area contributed by atoms with Gasteiger partial charge in [-0.15, -0.1) is 0 Å². The van der Waals surface area contributed by atoms with Crippen molar-refractivity contribution in [2.75, 3.05) is 22.9 Å². The van der Waals surface area contributed by atoms with E-state index in [0.717, 1.165) is 49.5 Å². The van der Waals surface area contributed by atoms with Gasteiger partial charge in [-0.1, -0.05) is 36.4 Å². The Morgan fingerprint density at radius 1 is 0.972 bits per heavy atom. The molecular weight excluding hydrogens is 465 g/mol. The van der Waals surface area contributed by atoms with Crippen LogP contribution in [0.5, 0.6) is 0 Å². The Bertz CT molecular complexity index is 1230. The topological polar surface area (TPSA) is 49.3 Å². The number of halogens is 3. The van der Waals surface area contributed by atoms with Crippen molar-refractivity contribution in [3.05, 3.63) is 83.1 Å². The van der Waals surface area contributed by atoms with E-state index >= 15 is 4.39 Å². The minimum Gasteiger partial charge on any atom is -0.347 e. The average Bonchev–Trinajstić information content (AvgIpc) is 3.53. The lowest BCUT2D eigenvalue weighted by molar-refractivity contribution is -0.117. The zero-order chi connectivity index (χ0) is 25.3. The Labute approximate surface area is 209 Å². The van der Waals surface area contributed by atoms with Gasteiger partial charge in [-0.2, -0.15) is 0 Å². The number of benzene rings is 2. The molecule has 2 aromatic carbocycles. The van der Waals surface area contributed by atoms with Crippen LogP contribution in [0.4, 0.5) is 24.7 Å². The molecule has 1 unspecified atom stereocenters. The largest absolute Gasteiger partial charge is 0.347 e. The van der Waals surface area contributed by atoms with Crippen molar-refractivity contribution in [3.63, 3.8) is 0 Å². The number of carbonyl (C=O) groups is 1. The van der Waals surface area contributed by atoms with Gasteiger partial charge in [0.1, 0.15) is 6.33 Å². The third kappa shape index (κ3) is 4.94. The van der Waals surface area contributed by atoms with Crippen molar-refractivity contribution < 1.29 is 18.0 Å². The number of aromatic nitrogens is 2. The van der Waals surface area contributed by atoms with Gasteiger partial charge in [0.05, 0.1) is 11.7 Å². The second-order valence-corrected chi connectivity index (χ2v) is 9.64. The number of nitrogens with zero attached hydrogens (tertiary/aromatic N) is 4. The summed E-state index contributed by atoms with van der Waals surface area (Å²) in [7, 11) is 0. The molecule has 1 amide bonds. The lowest BCUT2D eigenvalue weighted by atomic mass is 10.0. The first-order valence-electron chi connectivity index (χ1n) is 12.4. The first-order chi connectivity index (χ1) is 17.3. The summed E-state index contributed by atoms with van der Waals surface area (Å²) in [5, 5.41) is 0. The number of anilines is 2. The van der Waals surface area contributed by atoms with Gasteiger partial charge >= 0.3 is 0 Å². The van der Waals surface area contributed by atoms with E-state index < -0.39 is 11.7 Å². The van der Waals surface area contributed by atoms with Gasteiger partial charge < -0.3 is 9.80 Å². The van der Waals surface area contributed by atoms with Crippen LogP contribution in [0.2, 0.25) is 0 Å². The second kappa shape index (κ2) is 9.91. The van der Waals surface area contributed by atoms with E-state index in [2.05, 4.69) is 9.97 Å². The summed E-state index contributed by atoms with van der Waals surface area (Å²) in [6.07, 6.45) is 5.56. The van der Waals surface area contributed by atoms with E-state index in [9.17, 15) is 13.6 Å². The van der Waals surface area contributed by atoms with Gasteiger partial charge in [0, 0.05) is 37.7 Å². The molecule has 36 heavy (non-hydrogen) atoms. The van der Waals surface area contributed by atoms with E-state index in [-0.39, 0.29) is 23.3 Å². The van der Waals surface area contributed by atoms with Crippen LogP contribution in [-0.2, 0) is 23.6 Å². The maximum Gasteiger partial charge on any atom is 0.270 e. The molecule has 0 saturated carbocycles. The molecule has 0 spiro atoms. The average molecular weight is 495 g/mol. The summed E-state index contributed by atoms with van der Waals surface area (Å²) in [5.41, 5.74) is 3.12. The van der Waals surface area contributed by atoms with Crippen LogP contribution < -0.4 is 9.80 Å². The zero-order valence-electron chi connectivity index (χ0n) is 20.3. The van der Waals surface area contributed by atoms with E-state index in [4.69, 9.17) is 0 Å². The van der Waals surface area contributed by atoms with Crippen molar-refractivity contribution in [1.82, 2.24) is 9.97 Å². The van der Waals surface area contributed by atoms with E-state index in [1.165, 1.54) is 18.5 Å². The fourth-order valence-corrected chi connectivity index (χ4v) is 5.16. The summed E-state index contributed by atoms with van der Waals surface area (Å²) in [4.78, 5) is 24.1. The molecule has 8 heteroatoms. The van der Waals surface area contributed by atoms with Crippen molar-refractivity contribution in [1.29, 1.82) is 0 Å². The highest BCUT2D eigenvalue weighted by atomic mass is 19.3. The fraction of sp³-hybridized carbons (Fsp3) is 0.393. The molecule has 2 aliphatic rings. The first-order valence-corrected chi connectivity index (χ1v) is 12.4. The molecule has 3 heterocycles. The van der Waals surface area contributed by atoms with Crippen LogP contribution >= 0.6 is 0 Å². The van der Waals surface area contributed by atoms with Crippen LogP contribution in [0.25, 0.3) is 0 Å². The summed E-state index contributed by atoms with van der Waals surface area (Å²) < 4.78 is 42.8. The van der Waals surface area contributed by atoms with Gasteiger partial charge in [-0.25, -0.2) is 23.1 Å². The Morgan fingerprint density at radius 2 is 1.72 bits per heavy atom. The zero-order valence-corrected chi connectivity index (χ0v) is 20.3. The van der Waals surface area contributed by atoms with Crippen molar-refractivity contribution in [2.24, 2.45) is 0 Å². The molecular formula is C28H29F3N4O. The number of alkyl halides is 2. The lowest BCUT2D eigenvalue weighted by Crippen LogP contribution is -2.25. The number of hydrogen-bond donors (Lipinski definition) is 0. The van der Waals surface area contributed by atoms with Gasteiger partial charge in [0.2, 0.25) is 5.91 Å². The summed E-state index contributed by atoms with van der Waals surface area (Å²) in [6, 6.07) is 14.0. The predicted molar refractivity (Wildman–Crippen MR) is 133 cm³/mol. The van der Waals surface area contributed by atoms with E-state index in [1.54, 1.807) is 17.0 Å². The van der Waals surface area contributed by atoms with E-state index in [0.29, 0.717) is 31.5 Å². The molecule has 2 saturated heterocycles. The molecule has 5 nitrogen and oxygen atoms in total. The molecule has 1 atom stereocenters.